The standard InChI is InChI=1S/C31H52O4Si/c1-7-8-9-17-22-28(33)23-18-12-10-11-13-19-24-29(35-36(5,6)31(2,3)4)30(25-32)34-26-27-20-15-14-16-21-27/h14-16,19-21,24-25,29-30H,7-13,17-18,22-23,26H2,1-6H3/b24-19+/t29-,30-/m0/s1. The second-order valence-corrected chi connectivity index (χ2v) is 16.2. The summed E-state index contributed by atoms with van der Waals surface area (Å²) < 4.78 is 12.6. The molecule has 36 heavy (non-hydrogen) atoms. The van der Waals surface area contributed by atoms with E-state index in [0.29, 0.717) is 12.4 Å². The molecule has 0 bridgehead atoms. The summed E-state index contributed by atoms with van der Waals surface area (Å²) in [4.78, 5) is 24.0. The number of Topliss-reactive ketones (excluding diaryl/α,β-unsaturated/α-hetero) is 1. The lowest BCUT2D eigenvalue weighted by atomic mass is 10.0. The van der Waals surface area contributed by atoms with Gasteiger partial charge in [0.1, 0.15) is 11.9 Å². The number of rotatable bonds is 20. The Morgan fingerprint density at radius 2 is 1.53 bits per heavy atom. The Labute approximate surface area is 222 Å². The van der Waals surface area contributed by atoms with Gasteiger partial charge in [-0.15, -0.1) is 0 Å². The number of carbonyl (C=O) groups excluding carboxylic acids is 2. The molecule has 1 aromatic carbocycles. The van der Waals surface area contributed by atoms with Crippen LogP contribution in [0, 0.1) is 0 Å². The predicted molar refractivity (Wildman–Crippen MR) is 154 cm³/mol. The summed E-state index contributed by atoms with van der Waals surface area (Å²) in [6.07, 6.45) is 15.4. The Hall–Kier alpha value is -1.56. The summed E-state index contributed by atoms with van der Waals surface area (Å²) in [5.74, 6) is 0.423. The number of hydrogen-bond acceptors (Lipinski definition) is 4. The number of unbranched alkanes of at least 4 members (excludes halogenated alkanes) is 7. The fraction of sp³-hybridized carbons (Fsp3) is 0.677. The van der Waals surface area contributed by atoms with Crippen LogP contribution < -0.4 is 0 Å². The third-order valence-electron chi connectivity index (χ3n) is 7.19. The Kier molecular flexibility index (Phi) is 16.1. The van der Waals surface area contributed by atoms with Crippen LogP contribution in [-0.2, 0) is 25.4 Å². The molecule has 0 aliphatic carbocycles. The SMILES string of the molecule is CCCCCCC(=O)CCCCCC/C=C/[C@H](O[Si](C)(C)C(C)(C)C)[C@H](C=O)OCc1ccccc1. The summed E-state index contributed by atoms with van der Waals surface area (Å²) in [6, 6.07) is 9.92. The van der Waals surface area contributed by atoms with E-state index in [1.807, 2.05) is 36.4 Å². The van der Waals surface area contributed by atoms with Crippen LogP contribution in [0.1, 0.15) is 104 Å². The van der Waals surface area contributed by atoms with Crippen LogP contribution in [0.5, 0.6) is 0 Å². The first kappa shape index (κ1) is 32.5. The molecular formula is C31H52O4Si. The van der Waals surface area contributed by atoms with Crippen LogP contribution in [-0.4, -0.2) is 32.6 Å². The highest BCUT2D eigenvalue weighted by atomic mass is 28.4. The van der Waals surface area contributed by atoms with Crippen LogP contribution >= 0.6 is 0 Å². The van der Waals surface area contributed by atoms with Crippen molar-refractivity contribution < 1.29 is 18.8 Å². The van der Waals surface area contributed by atoms with E-state index in [9.17, 15) is 9.59 Å². The molecule has 0 aliphatic heterocycles. The zero-order valence-corrected chi connectivity index (χ0v) is 24.9. The van der Waals surface area contributed by atoms with Crippen LogP contribution in [0.25, 0.3) is 0 Å². The van der Waals surface area contributed by atoms with Gasteiger partial charge in [-0.05, 0) is 49.4 Å². The van der Waals surface area contributed by atoms with E-state index in [1.54, 1.807) is 0 Å². The lowest BCUT2D eigenvalue weighted by molar-refractivity contribution is -0.124. The van der Waals surface area contributed by atoms with Crippen molar-refractivity contribution in [2.24, 2.45) is 0 Å². The Morgan fingerprint density at radius 3 is 2.11 bits per heavy atom. The number of carbonyl (C=O) groups is 2. The molecule has 0 unspecified atom stereocenters. The summed E-state index contributed by atoms with van der Waals surface area (Å²) in [7, 11) is -2.09. The third-order valence-corrected chi connectivity index (χ3v) is 11.7. The van der Waals surface area contributed by atoms with Crippen LogP contribution in [0.15, 0.2) is 42.5 Å². The smallest absolute Gasteiger partial charge is 0.193 e. The van der Waals surface area contributed by atoms with Gasteiger partial charge in [-0.2, -0.15) is 0 Å². The Balaban J connectivity index is 2.53. The van der Waals surface area contributed by atoms with Crippen LogP contribution in [0.2, 0.25) is 18.1 Å². The maximum absolute atomic E-state index is 12.0. The fourth-order valence-corrected chi connectivity index (χ4v) is 5.00. The van der Waals surface area contributed by atoms with Crippen LogP contribution in [0.3, 0.4) is 0 Å². The van der Waals surface area contributed by atoms with E-state index in [-0.39, 0.29) is 5.04 Å². The number of aldehydes is 1. The van der Waals surface area contributed by atoms with Gasteiger partial charge >= 0.3 is 0 Å². The van der Waals surface area contributed by atoms with Gasteiger partial charge in [0.05, 0.1) is 12.7 Å². The summed E-state index contributed by atoms with van der Waals surface area (Å²) in [6.45, 7) is 13.6. The van der Waals surface area contributed by atoms with E-state index in [0.717, 1.165) is 63.2 Å². The number of ketones is 1. The highest BCUT2D eigenvalue weighted by Crippen LogP contribution is 2.38. The molecule has 0 spiro atoms. The summed E-state index contributed by atoms with van der Waals surface area (Å²) >= 11 is 0. The maximum Gasteiger partial charge on any atom is 0.193 e. The average Bonchev–Trinajstić information content (AvgIpc) is 2.83. The molecule has 0 amide bonds. The number of ether oxygens (including phenoxy) is 1. The predicted octanol–water partition coefficient (Wildman–Crippen LogP) is 8.60. The van der Waals surface area contributed by atoms with Gasteiger partial charge in [0.15, 0.2) is 14.6 Å². The van der Waals surface area contributed by atoms with E-state index in [2.05, 4.69) is 46.9 Å². The highest BCUT2D eigenvalue weighted by Gasteiger charge is 2.40. The largest absolute Gasteiger partial charge is 0.407 e. The molecule has 0 fully saturated rings. The lowest BCUT2D eigenvalue weighted by Gasteiger charge is -2.39. The average molecular weight is 517 g/mol. The molecule has 4 nitrogen and oxygen atoms in total. The highest BCUT2D eigenvalue weighted by molar-refractivity contribution is 6.74. The minimum Gasteiger partial charge on any atom is -0.407 e. The second kappa shape index (κ2) is 17.8. The molecule has 0 N–H and O–H groups in total. The minimum absolute atomic E-state index is 0.0411. The maximum atomic E-state index is 12.0. The lowest BCUT2D eigenvalue weighted by Crippen LogP contribution is -2.47. The molecule has 1 rings (SSSR count). The first-order valence-electron chi connectivity index (χ1n) is 14.1. The first-order valence-corrected chi connectivity index (χ1v) is 17.0. The molecule has 0 radical (unpaired) electrons. The molecule has 0 saturated carbocycles. The zero-order chi connectivity index (χ0) is 26.9. The van der Waals surface area contributed by atoms with Gasteiger partial charge in [0, 0.05) is 12.8 Å². The van der Waals surface area contributed by atoms with Crippen molar-refractivity contribution in [3.63, 3.8) is 0 Å². The van der Waals surface area contributed by atoms with Gasteiger partial charge in [0.25, 0.3) is 0 Å². The van der Waals surface area contributed by atoms with Crippen molar-refractivity contribution in [3.05, 3.63) is 48.0 Å². The number of hydrogen-bond donors (Lipinski definition) is 0. The van der Waals surface area contributed by atoms with Crippen LogP contribution in [0.4, 0.5) is 0 Å². The molecule has 2 atom stereocenters. The molecule has 0 aliphatic rings. The summed E-state index contributed by atoms with van der Waals surface area (Å²) in [5, 5.41) is 0.0411. The summed E-state index contributed by atoms with van der Waals surface area (Å²) in [5.41, 5.74) is 1.04. The van der Waals surface area contributed by atoms with Crippen molar-refractivity contribution in [2.45, 2.75) is 135 Å². The van der Waals surface area contributed by atoms with E-state index >= 15 is 0 Å². The molecule has 0 heterocycles. The van der Waals surface area contributed by atoms with Crippen molar-refractivity contribution in [1.82, 2.24) is 0 Å². The van der Waals surface area contributed by atoms with Crippen molar-refractivity contribution in [2.75, 3.05) is 0 Å². The Bertz CT molecular complexity index is 752. The van der Waals surface area contributed by atoms with Crippen molar-refractivity contribution in [1.29, 1.82) is 0 Å². The van der Waals surface area contributed by atoms with E-state index in [4.69, 9.17) is 9.16 Å². The molecule has 0 saturated heterocycles. The molecule has 0 aromatic heterocycles. The van der Waals surface area contributed by atoms with Gasteiger partial charge in [-0.3, -0.25) is 4.79 Å². The Morgan fingerprint density at radius 1 is 0.917 bits per heavy atom. The molecular weight excluding hydrogens is 464 g/mol. The molecule has 5 heteroatoms. The number of benzene rings is 1. The van der Waals surface area contributed by atoms with E-state index in [1.165, 1.54) is 19.3 Å². The normalized spacial score (nSPS) is 14.2. The van der Waals surface area contributed by atoms with Gasteiger partial charge in [-0.1, -0.05) is 102 Å². The van der Waals surface area contributed by atoms with E-state index < -0.39 is 20.5 Å². The van der Waals surface area contributed by atoms with Gasteiger partial charge in [-0.25, -0.2) is 0 Å². The van der Waals surface area contributed by atoms with Crippen molar-refractivity contribution in [3.8, 4) is 0 Å². The van der Waals surface area contributed by atoms with Gasteiger partial charge in [0.2, 0.25) is 0 Å². The number of allylic oxidation sites excluding steroid dienone is 1. The minimum atomic E-state index is -2.09. The topological polar surface area (TPSA) is 52.6 Å². The monoisotopic (exact) mass is 516 g/mol. The third kappa shape index (κ3) is 13.7. The first-order chi connectivity index (χ1) is 17.1. The molecule has 1 aromatic rings. The molecule has 204 valence electrons. The second-order valence-electron chi connectivity index (χ2n) is 11.5. The zero-order valence-electron chi connectivity index (χ0n) is 23.9. The van der Waals surface area contributed by atoms with Gasteiger partial charge < -0.3 is 14.0 Å². The quantitative estimate of drug-likeness (QED) is 0.0753. The van der Waals surface area contributed by atoms with Crippen molar-refractivity contribution >= 4 is 20.4 Å². The fourth-order valence-electron chi connectivity index (χ4n) is 3.75.